The molecule has 4 rings (SSSR count). The molecule has 0 spiro atoms. The van der Waals surface area contributed by atoms with E-state index in [0.29, 0.717) is 0 Å². The molecule has 2 heterocycles. The molecule has 1 aliphatic heterocycles. The smallest absolute Gasteiger partial charge is 0.171 e. The van der Waals surface area contributed by atoms with Crippen LogP contribution in [-0.2, 0) is 4.84 Å². The molecule has 0 bridgehead atoms. The second-order valence-corrected chi connectivity index (χ2v) is 8.15. The number of rotatable bonds is 6. The highest BCUT2D eigenvalue weighted by atomic mass is 19.1. The lowest BCUT2D eigenvalue weighted by molar-refractivity contribution is 0.198. The molecular weight excluding hydrogens is 443 g/mol. The maximum absolute atomic E-state index is 13.4. The zero-order valence-corrected chi connectivity index (χ0v) is 21.5. The highest BCUT2D eigenvalue weighted by molar-refractivity contribution is 6.02. The van der Waals surface area contributed by atoms with Gasteiger partial charge >= 0.3 is 0 Å². The Kier molecular flexibility index (Phi) is 9.06. The maximum Gasteiger partial charge on any atom is 0.171 e. The van der Waals surface area contributed by atoms with Crippen molar-refractivity contribution in [3.8, 4) is 11.4 Å². The first-order chi connectivity index (χ1) is 17.0. The lowest BCUT2D eigenvalue weighted by Gasteiger charge is -2.36. The number of halogens is 1. The number of piperidine rings is 1. The van der Waals surface area contributed by atoms with Crippen molar-refractivity contribution >= 4 is 11.9 Å². The Hall–Kier alpha value is -3.61. The van der Waals surface area contributed by atoms with Gasteiger partial charge in [0.1, 0.15) is 18.7 Å². The molecule has 1 fully saturated rings. The van der Waals surface area contributed by atoms with Crippen molar-refractivity contribution in [3.05, 3.63) is 83.2 Å². The molecular formula is C28H35FN4O2. The van der Waals surface area contributed by atoms with Gasteiger partial charge < -0.3 is 19.0 Å². The second-order valence-electron chi connectivity index (χ2n) is 8.15. The van der Waals surface area contributed by atoms with E-state index < -0.39 is 0 Å². The van der Waals surface area contributed by atoms with Crippen LogP contribution in [0.3, 0.4) is 0 Å². The van der Waals surface area contributed by atoms with Gasteiger partial charge in [0.2, 0.25) is 0 Å². The molecule has 0 aliphatic carbocycles. The van der Waals surface area contributed by atoms with E-state index in [1.807, 2.05) is 55.8 Å². The number of imidazole rings is 1. The number of aromatic nitrogens is 2. The van der Waals surface area contributed by atoms with E-state index in [1.54, 1.807) is 20.5 Å². The second kappa shape index (κ2) is 12.2. The third-order valence-corrected chi connectivity index (χ3v) is 5.94. The summed E-state index contributed by atoms with van der Waals surface area (Å²) in [5.41, 5.74) is 5.01. The van der Waals surface area contributed by atoms with Crippen LogP contribution in [0, 0.1) is 12.7 Å². The zero-order valence-electron chi connectivity index (χ0n) is 21.5. The molecule has 0 saturated carbocycles. The first-order valence-electron chi connectivity index (χ1n) is 12.0. The number of likely N-dealkylation sites (tertiary alicyclic amines) is 1. The van der Waals surface area contributed by atoms with Crippen molar-refractivity contribution in [2.24, 2.45) is 5.16 Å². The Morgan fingerprint density at radius 3 is 2.49 bits per heavy atom. The van der Waals surface area contributed by atoms with Crippen LogP contribution in [0.2, 0.25) is 0 Å². The fourth-order valence-corrected chi connectivity index (χ4v) is 4.23. The Morgan fingerprint density at radius 2 is 1.86 bits per heavy atom. The summed E-state index contributed by atoms with van der Waals surface area (Å²) in [6.45, 7) is 8.91. The zero-order chi connectivity index (χ0) is 25.4. The number of nitrogens with zero attached hydrogens (tertiary/aromatic N) is 4. The monoisotopic (exact) mass is 478 g/mol. The summed E-state index contributed by atoms with van der Waals surface area (Å²) < 4.78 is 21.0. The molecule has 1 saturated heterocycles. The number of aryl methyl sites for hydroxylation is 1. The van der Waals surface area contributed by atoms with Crippen molar-refractivity contribution in [3.63, 3.8) is 0 Å². The number of methoxy groups -OCH3 is 1. The highest BCUT2D eigenvalue weighted by Crippen LogP contribution is 2.31. The van der Waals surface area contributed by atoms with E-state index in [-0.39, 0.29) is 11.9 Å². The SMILES string of the molecule is CC.CO/N=C1\C(=C\c2ccc(-n3cnc(C)c3)c(OC)c2)CCCN1C(C)c1ccc(F)cc1. The van der Waals surface area contributed by atoms with Crippen molar-refractivity contribution in [1.82, 2.24) is 14.5 Å². The molecule has 186 valence electrons. The van der Waals surface area contributed by atoms with Gasteiger partial charge in [0, 0.05) is 12.7 Å². The average Bonchev–Trinajstić information content (AvgIpc) is 3.32. The van der Waals surface area contributed by atoms with E-state index in [1.165, 1.54) is 12.1 Å². The van der Waals surface area contributed by atoms with Crippen molar-refractivity contribution in [1.29, 1.82) is 0 Å². The highest BCUT2D eigenvalue weighted by Gasteiger charge is 2.27. The van der Waals surface area contributed by atoms with E-state index in [0.717, 1.165) is 59.1 Å². The Balaban J connectivity index is 0.00000167. The number of benzene rings is 2. The third kappa shape index (κ3) is 6.10. The minimum absolute atomic E-state index is 0.0320. The molecule has 1 atom stereocenters. The van der Waals surface area contributed by atoms with Gasteiger partial charge in [-0.25, -0.2) is 9.37 Å². The quantitative estimate of drug-likeness (QED) is 0.377. The summed E-state index contributed by atoms with van der Waals surface area (Å²) >= 11 is 0. The summed E-state index contributed by atoms with van der Waals surface area (Å²) in [5, 5.41) is 4.37. The van der Waals surface area contributed by atoms with E-state index in [4.69, 9.17) is 9.57 Å². The van der Waals surface area contributed by atoms with E-state index >= 15 is 0 Å². The summed E-state index contributed by atoms with van der Waals surface area (Å²) in [7, 11) is 3.23. The standard InChI is InChI=1S/C26H29FN4O2.C2H6/c1-18-16-30(17-28-18)24-12-7-20(15-25(24)32-3)14-22-6-5-13-31(26(22)29-33-4)19(2)21-8-10-23(27)11-9-21;1-2/h7-12,14-17,19H,5-6,13H2,1-4H3;1-2H3/b22-14+,29-26+;. The van der Waals surface area contributed by atoms with Crippen LogP contribution in [0.5, 0.6) is 5.75 Å². The summed E-state index contributed by atoms with van der Waals surface area (Å²) in [6.07, 6.45) is 7.76. The Morgan fingerprint density at radius 1 is 1.11 bits per heavy atom. The van der Waals surface area contributed by atoms with Gasteiger partial charge in [-0.15, -0.1) is 0 Å². The number of ether oxygens (including phenoxy) is 1. The average molecular weight is 479 g/mol. The largest absolute Gasteiger partial charge is 0.495 e. The Bertz CT molecular complexity index is 1170. The molecule has 7 heteroatoms. The van der Waals surface area contributed by atoms with Gasteiger partial charge in [0.05, 0.1) is 30.9 Å². The van der Waals surface area contributed by atoms with Crippen LogP contribution >= 0.6 is 0 Å². The molecule has 35 heavy (non-hydrogen) atoms. The van der Waals surface area contributed by atoms with Crippen LogP contribution in [0.15, 0.2) is 65.7 Å². The normalized spacial score (nSPS) is 16.6. The van der Waals surface area contributed by atoms with Gasteiger partial charge in [0.15, 0.2) is 5.84 Å². The van der Waals surface area contributed by atoms with Crippen molar-refractivity contribution in [2.75, 3.05) is 20.8 Å². The van der Waals surface area contributed by atoms with E-state index in [9.17, 15) is 4.39 Å². The lowest BCUT2D eigenvalue weighted by atomic mass is 9.97. The lowest BCUT2D eigenvalue weighted by Crippen LogP contribution is -2.39. The van der Waals surface area contributed by atoms with E-state index in [2.05, 4.69) is 34.1 Å². The first-order valence-corrected chi connectivity index (χ1v) is 12.0. The molecule has 1 unspecified atom stereocenters. The van der Waals surface area contributed by atoms with Crippen LogP contribution in [-0.4, -0.2) is 41.1 Å². The predicted octanol–water partition coefficient (Wildman–Crippen LogP) is 6.55. The summed E-state index contributed by atoms with van der Waals surface area (Å²) in [6, 6.07) is 12.8. The first kappa shape index (κ1) is 26.0. The topological polar surface area (TPSA) is 51.9 Å². The van der Waals surface area contributed by atoms with Gasteiger partial charge in [-0.05, 0) is 73.7 Å². The molecule has 6 nitrogen and oxygen atoms in total. The van der Waals surface area contributed by atoms with Crippen LogP contribution < -0.4 is 4.74 Å². The molecule has 0 radical (unpaired) electrons. The molecule has 1 aromatic heterocycles. The molecule has 0 N–H and O–H groups in total. The molecule has 2 aromatic carbocycles. The van der Waals surface area contributed by atoms with Crippen LogP contribution in [0.25, 0.3) is 11.8 Å². The fourth-order valence-electron chi connectivity index (χ4n) is 4.23. The van der Waals surface area contributed by atoms with Gasteiger partial charge in [0.25, 0.3) is 0 Å². The maximum atomic E-state index is 13.4. The summed E-state index contributed by atoms with van der Waals surface area (Å²) in [4.78, 5) is 11.7. The van der Waals surface area contributed by atoms with Crippen molar-refractivity contribution < 1.29 is 14.0 Å². The van der Waals surface area contributed by atoms with Gasteiger partial charge in [-0.2, -0.15) is 0 Å². The van der Waals surface area contributed by atoms with Crippen LogP contribution in [0.1, 0.15) is 56.5 Å². The minimum Gasteiger partial charge on any atom is -0.495 e. The van der Waals surface area contributed by atoms with Crippen LogP contribution in [0.4, 0.5) is 4.39 Å². The minimum atomic E-state index is -0.237. The number of oxime groups is 1. The molecule has 1 aliphatic rings. The fraction of sp³-hybridized carbons (Fsp3) is 0.357. The number of hydrogen-bond acceptors (Lipinski definition) is 4. The summed E-state index contributed by atoms with van der Waals surface area (Å²) in [5.74, 6) is 1.33. The van der Waals surface area contributed by atoms with Gasteiger partial charge in [-0.3, -0.25) is 0 Å². The van der Waals surface area contributed by atoms with Crippen molar-refractivity contribution in [2.45, 2.75) is 46.6 Å². The number of amidine groups is 1. The Labute approximate surface area is 207 Å². The molecule has 3 aromatic rings. The van der Waals surface area contributed by atoms with Gasteiger partial charge in [-0.1, -0.05) is 37.2 Å². The number of hydrogen-bond donors (Lipinski definition) is 0. The molecule has 0 amide bonds. The third-order valence-electron chi connectivity index (χ3n) is 5.94. The predicted molar refractivity (Wildman–Crippen MR) is 139 cm³/mol.